The van der Waals surface area contributed by atoms with Crippen LogP contribution in [0.4, 0.5) is 4.79 Å². The molecule has 1 aliphatic heterocycles. The number of benzene rings is 1. The van der Waals surface area contributed by atoms with Crippen molar-refractivity contribution in [2.45, 2.75) is 104 Å². The van der Waals surface area contributed by atoms with Gasteiger partial charge in [0.05, 0.1) is 38.6 Å². The van der Waals surface area contributed by atoms with E-state index in [-0.39, 0.29) is 25.2 Å². The smallest absolute Gasteiger partial charge is 0.411 e. The molecule has 8 heteroatoms. The second-order valence-electron chi connectivity index (χ2n) is 12.5. The van der Waals surface area contributed by atoms with E-state index >= 15 is 0 Å². The quantitative estimate of drug-likeness (QED) is 0.308. The van der Waals surface area contributed by atoms with Crippen molar-refractivity contribution in [2.75, 3.05) is 13.7 Å². The number of methoxy groups -OCH3 is 1. The summed E-state index contributed by atoms with van der Waals surface area (Å²) >= 11 is 0. The summed E-state index contributed by atoms with van der Waals surface area (Å²) < 4.78 is 23.7. The minimum atomic E-state index is -0.888. The van der Waals surface area contributed by atoms with Gasteiger partial charge in [-0.15, -0.1) is 0 Å². The molecule has 2 aliphatic rings. The Bertz CT molecular complexity index is 1170. The van der Waals surface area contributed by atoms with Crippen LogP contribution in [0.15, 0.2) is 42.6 Å². The molecule has 1 saturated carbocycles. The first kappa shape index (κ1) is 30.8. The Labute approximate surface area is 244 Å². The molecule has 1 aromatic carbocycles. The number of pyridine rings is 1. The van der Waals surface area contributed by atoms with Gasteiger partial charge in [-0.3, -0.25) is 4.90 Å². The van der Waals surface area contributed by atoms with Gasteiger partial charge in [-0.1, -0.05) is 63.9 Å². The standard InChI is InChI=1S/C33H46N2O6/c1-8-39-31(36)28-26(33(4,5)6)29(27(23-16-10-9-11-17-23)35(28)32(37)41-21(2)3)40-20-25-18-24(19-34-30(25)38-7)22-14-12-13-15-22/h9-11,16-19,21-22,26-29H,8,12-15,20H2,1-7H3/t26-,27+,28+,29+/m1/s1. The van der Waals surface area contributed by atoms with Gasteiger partial charge in [-0.2, -0.15) is 0 Å². The minimum absolute atomic E-state index is 0.206. The molecule has 8 nitrogen and oxygen atoms in total. The predicted molar refractivity (Wildman–Crippen MR) is 157 cm³/mol. The summed E-state index contributed by atoms with van der Waals surface area (Å²) in [6, 6.07) is 10.4. The van der Waals surface area contributed by atoms with E-state index < -0.39 is 35.7 Å². The Kier molecular flexibility index (Phi) is 9.95. The number of aromatic nitrogens is 1. The molecule has 0 spiro atoms. The lowest BCUT2D eigenvalue weighted by atomic mass is 9.73. The highest BCUT2D eigenvalue weighted by molar-refractivity contribution is 5.83. The number of nitrogens with zero attached hydrogens (tertiary/aromatic N) is 2. The molecule has 0 N–H and O–H groups in total. The van der Waals surface area contributed by atoms with E-state index in [1.54, 1.807) is 32.8 Å². The van der Waals surface area contributed by atoms with Crippen LogP contribution in [0.25, 0.3) is 0 Å². The first-order valence-corrected chi connectivity index (χ1v) is 14.9. The number of ether oxygens (including phenoxy) is 4. The highest BCUT2D eigenvalue weighted by atomic mass is 16.6. The summed E-state index contributed by atoms with van der Waals surface area (Å²) in [6.07, 6.45) is 5.24. The third-order valence-corrected chi connectivity index (χ3v) is 8.22. The van der Waals surface area contributed by atoms with Gasteiger partial charge in [-0.25, -0.2) is 14.6 Å². The second-order valence-corrected chi connectivity index (χ2v) is 12.5. The molecule has 2 heterocycles. The first-order valence-electron chi connectivity index (χ1n) is 14.9. The average molecular weight is 567 g/mol. The van der Waals surface area contributed by atoms with Crippen molar-refractivity contribution in [3.8, 4) is 5.88 Å². The van der Waals surface area contributed by atoms with Crippen LogP contribution in [0, 0.1) is 11.3 Å². The Balaban J connectivity index is 1.79. The van der Waals surface area contributed by atoms with Crippen LogP contribution in [0.3, 0.4) is 0 Å². The lowest BCUT2D eigenvalue weighted by Gasteiger charge is -2.35. The summed E-state index contributed by atoms with van der Waals surface area (Å²) in [5.41, 5.74) is 2.50. The molecule has 224 valence electrons. The minimum Gasteiger partial charge on any atom is -0.481 e. The largest absolute Gasteiger partial charge is 0.481 e. The molecule has 0 bridgehead atoms. The molecule has 1 amide bonds. The summed E-state index contributed by atoms with van der Waals surface area (Å²) in [5, 5.41) is 0. The number of amides is 1. The highest BCUT2D eigenvalue weighted by Gasteiger charge is 2.59. The van der Waals surface area contributed by atoms with Gasteiger partial charge in [0.2, 0.25) is 5.88 Å². The maximum absolute atomic E-state index is 13.8. The van der Waals surface area contributed by atoms with E-state index in [9.17, 15) is 9.59 Å². The van der Waals surface area contributed by atoms with Crippen LogP contribution in [0.2, 0.25) is 0 Å². The van der Waals surface area contributed by atoms with Crippen molar-refractivity contribution < 1.29 is 28.5 Å². The summed E-state index contributed by atoms with van der Waals surface area (Å²) in [5.74, 6) is 0.171. The van der Waals surface area contributed by atoms with E-state index in [1.165, 1.54) is 18.4 Å². The van der Waals surface area contributed by atoms with Gasteiger partial charge in [0, 0.05) is 17.7 Å². The van der Waals surface area contributed by atoms with E-state index in [1.807, 2.05) is 36.5 Å². The van der Waals surface area contributed by atoms with Crippen molar-refractivity contribution >= 4 is 12.1 Å². The molecule has 4 atom stereocenters. The second kappa shape index (κ2) is 13.2. The molecule has 1 aromatic heterocycles. The lowest BCUT2D eigenvalue weighted by Crippen LogP contribution is -2.48. The maximum Gasteiger partial charge on any atom is 0.411 e. The van der Waals surface area contributed by atoms with Gasteiger partial charge < -0.3 is 18.9 Å². The number of rotatable bonds is 9. The summed E-state index contributed by atoms with van der Waals surface area (Å²) in [4.78, 5) is 33.6. The van der Waals surface area contributed by atoms with Crippen LogP contribution in [-0.4, -0.2) is 53.9 Å². The average Bonchev–Trinajstić information content (AvgIpc) is 3.59. The van der Waals surface area contributed by atoms with Gasteiger partial charge in [0.1, 0.15) is 6.04 Å². The molecule has 0 unspecified atom stereocenters. The number of carbonyl (C=O) groups excluding carboxylic acids is 2. The Morgan fingerprint density at radius 1 is 1.07 bits per heavy atom. The van der Waals surface area contributed by atoms with Crippen molar-refractivity contribution in [1.82, 2.24) is 9.88 Å². The predicted octanol–water partition coefficient (Wildman–Crippen LogP) is 6.83. The number of hydrogen-bond acceptors (Lipinski definition) is 7. The molecule has 1 saturated heterocycles. The number of likely N-dealkylation sites (tertiary alicyclic amines) is 1. The lowest BCUT2D eigenvalue weighted by molar-refractivity contribution is -0.151. The fraction of sp³-hybridized carbons (Fsp3) is 0.606. The Morgan fingerprint density at radius 2 is 1.76 bits per heavy atom. The third-order valence-electron chi connectivity index (χ3n) is 8.22. The topological polar surface area (TPSA) is 87.2 Å². The van der Waals surface area contributed by atoms with Crippen molar-refractivity contribution in [2.24, 2.45) is 11.3 Å². The van der Waals surface area contributed by atoms with Gasteiger partial charge >= 0.3 is 12.1 Å². The van der Waals surface area contributed by atoms with Gasteiger partial charge in [0.15, 0.2) is 0 Å². The van der Waals surface area contributed by atoms with Crippen LogP contribution < -0.4 is 4.74 Å². The zero-order valence-corrected chi connectivity index (χ0v) is 25.6. The molecular formula is C33H46N2O6. The van der Waals surface area contributed by atoms with Gasteiger partial charge in [0.25, 0.3) is 0 Å². The number of carbonyl (C=O) groups is 2. The van der Waals surface area contributed by atoms with E-state index in [0.717, 1.165) is 24.0 Å². The van der Waals surface area contributed by atoms with E-state index in [0.29, 0.717) is 11.8 Å². The van der Waals surface area contributed by atoms with Crippen molar-refractivity contribution in [3.63, 3.8) is 0 Å². The number of hydrogen-bond donors (Lipinski definition) is 0. The first-order chi connectivity index (χ1) is 19.6. The number of esters is 1. The van der Waals surface area contributed by atoms with E-state index in [4.69, 9.17) is 18.9 Å². The van der Waals surface area contributed by atoms with Crippen LogP contribution >= 0.6 is 0 Å². The van der Waals surface area contributed by atoms with Gasteiger partial charge in [-0.05, 0) is 62.1 Å². The van der Waals surface area contributed by atoms with Crippen LogP contribution in [0.1, 0.15) is 95.9 Å². The Morgan fingerprint density at radius 3 is 2.34 bits per heavy atom. The van der Waals surface area contributed by atoms with Crippen LogP contribution in [-0.2, 0) is 25.6 Å². The molecule has 4 rings (SSSR count). The van der Waals surface area contributed by atoms with Crippen LogP contribution in [0.5, 0.6) is 5.88 Å². The summed E-state index contributed by atoms with van der Waals surface area (Å²) in [6.45, 7) is 12.0. The zero-order chi connectivity index (χ0) is 29.7. The molecule has 41 heavy (non-hydrogen) atoms. The SMILES string of the molecule is CCOC(=O)[C@@H]1[C@@H](C(C)(C)C)[C@H](OCc2cc(C3CCCC3)cnc2OC)[C@H](c2ccccc2)N1C(=O)OC(C)C. The molecule has 2 fully saturated rings. The Hall–Kier alpha value is -3.13. The maximum atomic E-state index is 13.8. The van der Waals surface area contributed by atoms with Crippen molar-refractivity contribution in [3.05, 3.63) is 59.3 Å². The molecule has 1 aliphatic carbocycles. The van der Waals surface area contributed by atoms with Crippen molar-refractivity contribution in [1.29, 1.82) is 0 Å². The monoisotopic (exact) mass is 566 g/mol. The van der Waals surface area contributed by atoms with E-state index in [2.05, 4.69) is 31.8 Å². The molecule has 2 aromatic rings. The molecule has 0 radical (unpaired) electrons. The fourth-order valence-electron chi connectivity index (χ4n) is 6.49. The highest BCUT2D eigenvalue weighted by Crippen LogP contribution is 2.50. The fourth-order valence-corrected chi connectivity index (χ4v) is 6.49. The third kappa shape index (κ3) is 6.85. The molecular weight excluding hydrogens is 520 g/mol. The zero-order valence-electron chi connectivity index (χ0n) is 25.6. The normalized spacial score (nSPS) is 23.2. The summed E-state index contributed by atoms with van der Waals surface area (Å²) in [7, 11) is 1.61.